The molecule has 21 heavy (non-hydrogen) atoms. The van der Waals surface area contributed by atoms with E-state index in [1.54, 1.807) is 32.2 Å². The van der Waals surface area contributed by atoms with Crippen molar-refractivity contribution in [3.05, 3.63) is 59.2 Å². The molecule has 0 saturated carbocycles. The quantitative estimate of drug-likeness (QED) is 0.461. The molecule has 0 amide bonds. The molecule has 0 aliphatic rings. The van der Waals surface area contributed by atoms with E-state index >= 15 is 0 Å². The van der Waals surface area contributed by atoms with Crippen molar-refractivity contribution in [2.45, 2.75) is 20.5 Å². The zero-order chi connectivity index (χ0) is 15.2. The Kier molecular flexibility index (Phi) is 4.95. The molecule has 0 radical (unpaired) electrons. The first kappa shape index (κ1) is 15.1. The van der Waals surface area contributed by atoms with Crippen LogP contribution in [0.3, 0.4) is 0 Å². The summed E-state index contributed by atoms with van der Waals surface area (Å²) in [6.45, 7) is 3.79. The van der Waals surface area contributed by atoms with Crippen LogP contribution in [0.25, 0.3) is 0 Å². The van der Waals surface area contributed by atoms with Gasteiger partial charge in [-0.15, -0.1) is 0 Å². The van der Waals surface area contributed by atoms with Gasteiger partial charge in [-0.3, -0.25) is 4.79 Å². The van der Waals surface area contributed by atoms with E-state index in [9.17, 15) is 4.79 Å². The summed E-state index contributed by atoms with van der Waals surface area (Å²) < 4.78 is 5.18. The lowest BCUT2D eigenvalue weighted by Crippen LogP contribution is -1.99. The number of ether oxygens (including phenoxy) is 1. The zero-order valence-electron chi connectivity index (χ0n) is 12.4. The molecule has 0 aliphatic carbocycles. The highest BCUT2D eigenvalue weighted by atomic mass is 17.2. The van der Waals surface area contributed by atoms with Gasteiger partial charge in [0.05, 0.1) is 7.11 Å². The van der Waals surface area contributed by atoms with Gasteiger partial charge in [-0.05, 0) is 43.2 Å². The van der Waals surface area contributed by atoms with E-state index in [1.165, 1.54) is 0 Å². The first-order valence-electron chi connectivity index (χ1n) is 6.64. The molecule has 0 unspecified atom stereocenters. The highest BCUT2D eigenvalue weighted by molar-refractivity contribution is 5.93. The standard InChI is InChI=1S/C17H18O4/c1-12-10-16(8-9-17(12)19-3)21-20-11-14-4-6-15(7-5-14)13(2)18/h4-10H,11H2,1-3H3. The number of methoxy groups -OCH3 is 1. The Morgan fingerprint density at radius 2 is 1.81 bits per heavy atom. The van der Waals surface area contributed by atoms with Crippen molar-refractivity contribution >= 4 is 5.78 Å². The number of hydrogen-bond acceptors (Lipinski definition) is 4. The summed E-state index contributed by atoms with van der Waals surface area (Å²) in [5, 5.41) is 0. The highest BCUT2D eigenvalue weighted by Crippen LogP contribution is 2.23. The van der Waals surface area contributed by atoms with Gasteiger partial charge in [-0.25, -0.2) is 0 Å². The number of rotatable bonds is 6. The lowest BCUT2D eigenvalue weighted by Gasteiger charge is -2.08. The Bertz CT molecular complexity index is 617. The van der Waals surface area contributed by atoms with E-state index in [2.05, 4.69) is 0 Å². The number of benzene rings is 2. The van der Waals surface area contributed by atoms with Crippen molar-refractivity contribution in [3.8, 4) is 11.5 Å². The van der Waals surface area contributed by atoms with E-state index in [0.717, 1.165) is 16.9 Å². The van der Waals surface area contributed by atoms with Gasteiger partial charge in [0, 0.05) is 5.56 Å². The van der Waals surface area contributed by atoms with Crippen LogP contribution in [-0.2, 0) is 11.5 Å². The summed E-state index contributed by atoms with van der Waals surface area (Å²) in [6.07, 6.45) is 0. The summed E-state index contributed by atoms with van der Waals surface area (Å²) in [6, 6.07) is 12.7. The largest absolute Gasteiger partial charge is 0.496 e. The van der Waals surface area contributed by atoms with Gasteiger partial charge in [0.1, 0.15) is 12.4 Å². The van der Waals surface area contributed by atoms with Crippen molar-refractivity contribution < 1.29 is 19.3 Å². The van der Waals surface area contributed by atoms with Gasteiger partial charge in [0.2, 0.25) is 0 Å². The molecule has 2 aromatic carbocycles. The first-order chi connectivity index (χ1) is 10.1. The fourth-order valence-electron chi connectivity index (χ4n) is 1.90. The Labute approximate surface area is 124 Å². The number of ketones is 1. The Morgan fingerprint density at radius 1 is 1.10 bits per heavy atom. The normalized spacial score (nSPS) is 10.2. The second kappa shape index (κ2) is 6.90. The number of aryl methyl sites for hydroxylation is 1. The topological polar surface area (TPSA) is 44.8 Å². The highest BCUT2D eigenvalue weighted by Gasteiger charge is 2.03. The molecule has 0 saturated heterocycles. The molecule has 0 aliphatic heterocycles. The molecule has 0 N–H and O–H groups in total. The van der Waals surface area contributed by atoms with Crippen LogP contribution >= 0.6 is 0 Å². The number of carbonyl (C=O) groups excluding carboxylic acids is 1. The second-order valence-corrected chi connectivity index (χ2v) is 4.73. The number of hydrogen-bond donors (Lipinski definition) is 0. The third-order valence-electron chi connectivity index (χ3n) is 3.11. The second-order valence-electron chi connectivity index (χ2n) is 4.73. The summed E-state index contributed by atoms with van der Waals surface area (Å²) in [7, 11) is 1.63. The van der Waals surface area contributed by atoms with E-state index in [-0.39, 0.29) is 5.78 Å². The molecule has 2 rings (SSSR count). The minimum atomic E-state index is 0.0485. The Hall–Kier alpha value is -2.33. The van der Waals surface area contributed by atoms with E-state index < -0.39 is 0 Å². The summed E-state index contributed by atoms with van der Waals surface area (Å²) in [5.74, 6) is 1.48. The lowest BCUT2D eigenvalue weighted by atomic mass is 10.1. The van der Waals surface area contributed by atoms with Crippen molar-refractivity contribution in [2.75, 3.05) is 7.11 Å². The Balaban J connectivity index is 1.89. The van der Waals surface area contributed by atoms with Crippen LogP contribution in [0.5, 0.6) is 11.5 Å². The molecule has 0 heterocycles. The average molecular weight is 286 g/mol. The number of Topliss-reactive ketones (excluding diaryl/α,β-unsaturated/α-hetero) is 1. The Morgan fingerprint density at radius 3 is 2.38 bits per heavy atom. The van der Waals surface area contributed by atoms with Crippen LogP contribution in [0.4, 0.5) is 0 Å². The van der Waals surface area contributed by atoms with Crippen LogP contribution in [0, 0.1) is 6.92 Å². The summed E-state index contributed by atoms with van der Waals surface area (Å²) >= 11 is 0. The van der Waals surface area contributed by atoms with Crippen LogP contribution in [-0.4, -0.2) is 12.9 Å². The number of carbonyl (C=O) groups is 1. The zero-order valence-corrected chi connectivity index (χ0v) is 12.4. The molecule has 4 nitrogen and oxygen atoms in total. The molecule has 0 aromatic heterocycles. The van der Waals surface area contributed by atoms with Gasteiger partial charge >= 0.3 is 0 Å². The molecule has 0 bridgehead atoms. The van der Waals surface area contributed by atoms with Gasteiger partial charge in [0.15, 0.2) is 11.5 Å². The molecule has 0 atom stereocenters. The van der Waals surface area contributed by atoms with Gasteiger partial charge in [0.25, 0.3) is 0 Å². The fourth-order valence-corrected chi connectivity index (χ4v) is 1.90. The van der Waals surface area contributed by atoms with Crippen molar-refractivity contribution in [2.24, 2.45) is 0 Å². The maximum atomic E-state index is 11.2. The molecular formula is C17H18O4. The minimum absolute atomic E-state index is 0.0485. The van der Waals surface area contributed by atoms with Gasteiger partial charge in [-0.2, -0.15) is 4.89 Å². The van der Waals surface area contributed by atoms with Gasteiger partial charge in [-0.1, -0.05) is 24.3 Å². The van der Waals surface area contributed by atoms with Crippen LogP contribution in [0.15, 0.2) is 42.5 Å². The van der Waals surface area contributed by atoms with Crippen LogP contribution in [0.1, 0.15) is 28.4 Å². The minimum Gasteiger partial charge on any atom is -0.496 e. The first-order valence-corrected chi connectivity index (χ1v) is 6.64. The SMILES string of the molecule is COc1ccc(OOCc2ccc(C(C)=O)cc2)cc1C. The maximum absolute atomic E-state index is 11.2. The third kappa shape index (κ3) is 4.07. The molecule has 2 aromatic rings. The lowest BCUT2D eigenvalue weighted by molar-refractivity contribution is -0.217. The van der Waals surface area contributed by atoms with Crippen LogP contribution in [0.2, 0.25) is 0 Å². The smallest absolute Gasteiger partial charge is 0.165 e. The summed E-state index contributed by atoms with van der Waals surface area (Å²) in [4.78, 5) is 21.6. The fraction of sp³-hybridized carbons (Fsp3) is 0.235. The predicted octanol–water partition coefficient (Wildman–Crippen LogP) is 3.72. The molecule has 0 fully saturated rings. The van der Waals surface area contributed by atoms with E-state index in [4.69, 9.17) is 14.5 Å². The molecular weight excluding hydrogens is 268 g/mol. The monoisotopic (exact) mass is 286 g/mol. The predicted molar refractivity (Wildman–Crippen MR) is 79.6 cm³/mol. The maximum Gasteiger partial charge on any atom is 0.165 e. The van der Waals surface area contributed by atoms with Crippen LogP contribution < -0.4 is 9.62 Å². The van der Waals surface area contributed by atoms with E-state index in [1.807, 2.05) is 31.2 Å². The average Bonchev–Trinajstić information content (AvgIpc) is 2.48. The van der Waals surface area contributed by atoms with Crippen molar-refractivity contribution in [1.82, 2.24) is 0 Å². The molecule has 110 valence electrons. The molecule has 4 heteroatoms. The van der Waals surface area contributed by atoms with Crippen molar-refractivity contribution in [1.29, 1.82) is 0 Å². The van der Waals surface area contributed by atoms with Gasteiger partial charge < -0.3 is 9.62 Å². The van der Waals surface area contributed by atoms with Crippen molar-refractivity contribution in [3.63, 3.8) is 0 Å². The van der Waals surface area contributed by atoms with E-state index in [0.29, 0.717) is 17.9 Å². The molecule has 0 spiro atoms. The third-order valence-corrected chi connectivity index (χ3v) is 3.11. The summed E-state index contributed by atoms with van der Waals surface area (Å²) in [5.41, 5.74) is 2.60.